The Balaban J connectivity index is 2.45. The van der Waals surface area contributed by atoms with Crippen LogP contribution >= 0.6 is 0 Å². The van der Waals surface area contributed by atoms with Gasteiger partial charge in [-0.2, -0.15) is 13.2 Å². The molecule has 0 amide bonds. The highest BCUT2D eigenvalue weighted by Crippen LogP contribution is 2.37. The Morgan fingerprint density at radius 2 is 2.20 bits per heavy atom. The highest BCUT2D eigenvalue weighted by atomic mass is 19.4. The van der Waals surface area contributed by atoms with E-state index in [9.17, 15) is 23.1 Å². The predicted molar refractivity (Wildman–Crippen MR) is 59.9 cm³/mol. The van der Waals surface area contributed by atoms with Crippen LogP contribution in [0.1, 0.15) is 48.4 Å². The normalized spacial score (nSPS) is 23.1. The van der Waals surface area contributed by atoms with Gasteiger partial charge in [-0.25, -0.2) is 9.48 Å². The maximum atomic E-state index is 13.1. The van der Waals surface area contributed by atoms with Gasteiger partial charge in [-0.3, -0.25) is 0 Å². The summed E-state index contributed by atoms with van der Waals surface area (Å²) in [5.74, 6) is -1.17. The van der Waals surface area contributed by atoms with E-state index in [0.717, 1.165) is 0 Å². The van der Waals surface area contributed by atoms with E-state index >= 15 is 0 Å². The highest BCUT2D eigenvalue weighted by molar-refractivity contribution is 5.88. The number of aliphatic hydroxyl groups is 1. The van der Waals surface area contributed by atoms with Crippen LogP contribution in [0.15, 0.2) is 0 Å². The van der Waals surface area contributed by atoms with Gasteiger partial charge in [0.25, 0.3) is 0 Å². The molecule has 0 aromatic carbocycles. The fourth-order valence-electron chi connectivity index (χ4n) is 2.33. The first-order valence-corrected chi connectivity index (χ1v) is 6.23. The van der Waals surface area contributed by atoms with Gasteiger partial charge in [-0.15, -0.1) is 5.10 Å². The standard InChI is InChI=1S/C11H14F3N3O3/c1-2-20-10(19)8-9(11(12,13)14)17(16-15-8)6-4-3-5-7(6)18/h6-7,18H,2-5H2,1H3. The molecule has 0 radical (unpaired) electrons. The number of halogens is 3. The second-order valence-electron chi connectivity index (χ2n) is 4.52. The van der Waals surface area contributed by atoms with Gasteiger partial charge in [0.1, 0.15) is 0 Å². The summed E-state index contributed by atoms with van der Waals surface area (Å²) in [5.41, 5.74) is -2.12. The van der Waals surface area contributed by atoms with Crippen molar-refractivity contribution in [1.29, 1.82) is 0 Å². The van der Waals surface area contributed by atoms with Gasteiger partial charge in [0.15, 0.2) is 5.69 Å². The lowest BCUT2D eigenvalue weighted by atomic mass is 10.2. The van der Waals surface area contributed by atoms with Crippen LogP contribution in [0.2, 0.25) is 0 Å². The van der Waals surface area contributed by atoms with Crippen molar-refractivity contribution < 1.29 is 27.8 Å². The number of esters is 1. The zero-order chi connectivity index (χ0) is 14.9. The zero-order valence-electron chi connectivity index (χ0n) is 10.7. The Morgan fingerprint density at radius 1 is 1.50 bits per heavy atom. The fraction of sp³-hybridized carbons (Fsp3) is 0.727. The van der Waals surface area contributed by atoms with E-state index in [1.165, 1.54) is 6.92 Å². The van der Waals surface area contributed by atoms with E-state index in [2.05, 4.69) is 15.0 Å². The average molecular weight is 293 g/mol. The Kier molecular flexibility index (Phi) is 3.98. The molecule has 1 N–H and O–H groups in total. The summed E-state index contributed by atoms with van der Waals surface area (Å²) in [6.45, 7) is 1.42. The Bertz CT molecular complexity index is 501. The van der Waals surface area contributed by atoms with Gasteiger partial charge in [0.05, 0.1) is 18.8 Å². The van der Waals surface area contributed by atoms with Crippen molar-refractivity contribution in [3.05, 3.63) is 11.4 Å². The number of rotatable bonds is 3. The molecule has 1 saturated carbocycles. The minimum atomic E-state index is -4.80. The number of hydrogen-bond acceptors (Lipinski definition) is 5. The molecule has 2 unspecified atom stereocenters. The van der Waals surface area contributed by atoms with Crippen LogP contribution < -0.4 is 0 Å². The zero-order valence-corrected chi connectivity index (χ0v) is 10.7. The van der Waals surface area contributed by atoms with E-state index in [1.807, 2.05) is 0 Å². The number of alkyl halides is 3. The van der Waals surface area contributed by atoms with E-state index in [-0.39, 0.29) is 6.61 Å². The lowest BCUT2D eigenvalue weighted by Gasteiger charge is -2.18. The number of nitrogens with zero attached hydrogens (tertiary/aromatic N) is 3. The maximum absolute atomic E-state index is 13.1. The van der Waals surface area contributed by atoms with Gasteiger partial charge in [-0.1, -0.05) is 5.21 Å². The molecule has 0 aliphatic heterocycles. The number of aliphatic hydroxyl groups excluding tert-OH is 1. The van der Waals surface area contributed by atoms with E-state index in [1.54, 1.807) is 0 Å². The number of carbonyl (C=O) groups is 1. The molecule has 2 rings (SSSR count). The summed E-state index contributed by atoms with van der Waals surface area (Å²) in [6.07, 6.45) is -4.37. The van der Waals surface area contributed by atoms with Gasteiger partial charge in [0.2, 0.25) is 5.69 Å². The summed E-state index contributed by atoms with van der Waals surface area (Å²) in [7, 11) is 0. The molecule has 1 aliphatic carbocycles. The van der Waals surface area contributed by atoms with E-state index < -0.39 is 35.7 Å². The lowest BCUT2D eigenvalue weighted by molar-refractivity contribution is -0.146. The molecule has 112 valence electrons. The third-order valence-corrected chi connectivity index (χ3v) is 3.19. The van der Waals surface area contributed by atoms with Gasteiger partial charge in [-0.05, 0) is 26.2 Å². The first kappa shape index (κ1) is 14.8. The summed E-state index contributed by atoms with van der Waals surface area (Å²) in [5, 5.41) is 16.4. The van der Waals surface area contributed by atoms with Gasteiger partial charge >= 0.3 is 12.1 Å². The van der Waals surface area contributed by atoms with Crippen molar-refractivity contribution in [3.8, 4) is 0 Å². The van der Waals surface area contributed by atoms with Gasteiger partial charge in [0, 0.05) is 0 Å². The minimum absolute atomic E-state index is 0.0605. The van der Waals surface area contributed by atoms with Crippen molar-refractivity contribution in [1.82, 2.24) is 15.0 Å². The summed E-state index contributed by atoms with van der Waals surface area (Å²) < 4.78 is 44.5. The fourth-order valence-corrected chi connectivity index (χ4v) is 2.33. The average Bonchev–Trinajstić information content (AvgIpc) is 2.93. The molecule has 0 spiro atoms. The van der Waals surface area contributed by atoms with Crippen LogP contribution in [0, 0.1) is 0 Å². The molecular weight excluding hydrogens is 279 g/mol. The molecule has 0 bridgehead atoms. The second-order valence-corrected chi connectivity index (χ2v) is 4.52. The minimum Gasteiger partial charge on any atom is -0.461 e. The topological polar surface area (TPSA) is 77.2 Å². The van der Waals surface area contributed by atoms with Crippen molar-refractivity contribution in [3.63, 3.8) is 0 Å². The molecule has 1 heterocycles. The Hall–Kier alpha value is -1.64. The van der Waals surface area contributed by atoms with Crippen LogP contribution in [-0.2, 0) is 10.9 Å². The summed E-state index contributed by atoms with van der Waals surface area (Å²) in [6, 6.07) is -0.817. The first-order chi connectivity index (χ1) is 9.36. The SMILES string of the molecule is CCOC(=O)c1nnn(C2CCCC2O)c1C(F)(F)F. The molecule has 20 heavy (non-hydrogen) atoms. The third kappa shape index (κ3) is 2.62. The molecule has 9 heteroatoms. The molecule has 1 aromatic heterocycles. The molecule has 1 aliphatic rings. The van der Waals surface area contributed by atoms with Crippen LogP contribution in [0.3, 0.4) is 0 Å². The molecule has 2 atom stereocenters. The summed E-state index contributed by atoms with van der Waals surface area (Å²) in [4.78, 5) is 11.5. The molecule has 0 saturated heterocycles. The van der Waals surface area contributed by atoms with E-state index in [4.69, 9.17) is 0 Å². The van der Waals surface area contributed by atoms with Gasteiger partial charge < -0.3 is 9.84 Å². The van der Waals surface area contributed by atoms with Crippen molar-refractivity contribution in [2.75, 3.05) is 6.61 Å². The number of carbonyl (C=O) groups excluding carboxylic acids is 1. The van der Waals surface area contributed by atoms with Crippen LogP contribution in [0.25, 0.3) is 0 Å². The largest absolute Gasteiger partial charge is 0.461 e. The van der Waals surface area contributed by atoms with E-state index in [0.29, 0.717) is 23.9 Å². The Labute approximate surface area is 112 Å². The van der Waals surface area contributed by atoms with Crippen molar-refractivity contribution in [2.24, 2.45) is 0 Å². The number of ether oxygens (including phenoxy) is 1. The predicted octanol–water partition coefficient (Wildman–Crippen LogP) is 1.56. The quantitative estimate of drug-likeness (QED) is 0.856. The Morgan fingerprint density at radius 3 is 2.70 bits per heavy atom. The molecule has 1 fully saturated rings. The van der Waals surface area contributed by atoms with Crippen LogP contribution in [-0.4, -0.2) is 38.8 Å². The third-order valence-electron chi connectivity index (χ3n) is 3.19. The monoisotopic (exact) mass is 293 g/mol. The molecular formula is C11H14F3N3O3. The highest BCUT2D eigenvalue weighted by Gasteiger charge is 2.45. The molecule has 6 nitrogen and oxygen atoms in total. The first-order valence-electron chi connectivity index (χ1n) is 6.23. The van der Waals surface area contributed by atoms with Crippen LogP contribution in [0.5, 0.6) is 0 Å². The van der Waals surface area contributed by atoms with Crippen molar-refractivity contribution in [2.45, 2.75) is 44.5 Å². The second kappa shape index (κ2) is 5.39. The van der Waals surface area contributed by atoms with Crippen LogP contribution in [0.4, 0.5) is 13.2 Å². The number of aromatic nitrogens is 3. The lowest BCUT2D eigenvalue weighted by Crippen LogP contribution is -2.26. The van der Waals surface area contributed by atoms with Crippen molar-refractivity contribution >= 4 is 5.97 Å². The smallest absolute Gasteiger partial charge is 0.435 e. The number of hydrogen-bond donors (Lipinski definition) is 1. The molecule has 1 aromatic rings. The maximum Gasteiger partial charge on any atom is 0.435 e. The summed E-state index contributed by atoms with van der Waals surface area (Å²) >= 11 is 0.